The van der Waals surface area contributed by atoms with Gasteiger partial charge in [-0.25, -0.2) is 0 Å². The average molecular weight is 521 g/mol. The van der Waals surface area contributed by atoms with Crippen molar-refractivity contribution in [3.63, 3.8) is 0 Å². The molecule has 0 aromatic heterocycles. The van der Waals surface area contributed by atoms with Crippen molar-refractivity contribution in [1.29, 1.82) is 0 Å². The fourth-order valence-electron chi connectivity index (χ4n) is 0.915. The fraction of sp³-hybridized carbons (Fsp3) is 0.857. The molecule has 0 fully saturated rings. The van der Waals surface area contributed by atoms with Crippen LogP contribution in [0.2, 0.25) is 0 Å². The molecule has 0 atom stereocenters. The van der Waals surface area contributed by atoms with Crippen LogP contribution < -0.4 is 0 Å². The van der Waals surface area contributed by atoms with Crippen LogP contribution in [0.25, 0.3) is 16.0 Å². The van der Waals surface area contributed by atoms with Gasteiger partial charge in [-0.15, -0.1) is 19.0 Å². The van der Waals surface area contributed by atoms with E-state index in [0.717, 1.165) is 0 Å². The second-order valence-corrected chi connectivity index (χ2v) is 7.80. The molecule has 0 amide bonds. The van der Waals surface area contributed by atoms with Crippen LogP contribution in [-0.4, -0.2) is 55.3 Å². The van der Waals surface area contributed by atoms with Gasteiger partial charge in [0.2, 0.25) is 0 Å². The zero-order valence-electron chi connectivity index (χ0n) is 20.5. The van der Waals surface area contributed by atoms with Crippen LogP contribution in [0.1, 0.15) is 83.1 Å². The van der Waals surface area contributed by atoms with Crippen molar-refractivity contribution >= 4 is 19.0 Å². The van der Waals surface area contributed by atoms with Gasteiger partial charge in [0.05, 0.1) is 0 Å². The molecule has 0 aliphatic rings. The van der Waals surface area contributed by atoms with Gasteiger partial charge in [0.25, 0.3) is 0 Å². The van der Waals surface area contributed by atoms with Crippen LogP contribution in [0.15, 0.2) is 15.0 Å². The Morgan fingerprint density at radius 2 is 0.607 bits per heavy atom. The molecule has 0 radical (unpaired) electrons. The van der Waals surface area contributed by atoms with Gasteiger partial charge in [-0.2, -0.15) is 0 Å². The normalized spacial score (nSPS) is 11.4. The first-order valence-electron chi connectivity index (χ1n) is 10.0. The van der Waals surface area contributed by atoms with Crippen molar-refractivity contribution in [2.24, 2.45) is 15.0 Å². The first kappa shape index (κ1) is 35.1. The third-order valence-electron chi connectivity index (χ3n) is 2.19. The second-order valence-electron chi connectivity index (χ2n) is 7.80. The van der Waals surface area contributed by atoms with Crippen molar-refractivity contribution in [1.82, 2.24) is 0 Å². The zero-order chi connectivity index (χ0) is 21.8. The summed E-state index contributed by atoms with van der Waals surface area (Å²) in [6.07, 6.45) is 4.94. The Hall–Kier alpha value is -0.395. The third kappa shape index (κ3) is 50.0. The van der Waals surface area contributed by atoms with Gasteiger partial charge in [-0.1, -0.05) is 83.1 Å². The molecule has 7 heteroatoms. The Kier molecular flexibility index (Phi) is 30.9. The summed E-state index contributed by atoms with van der Waals surface area (Å²) < 4.78 is 0. The minimum absolute atomic E-state index is 0. The third-order valence-corrected chi connectivity index (χ3v) is 2.19. The van der Waals surface area contributed by atoms with E-state index in [2.05, 4.69) is 30.9 Å². The minimum Gasteiger partial charge on any atom is -0.469 e. The largest absolute Gasteiger partial charge is 3.00 e. The van der Waals surface area contributed by atoms with E-state index in [-0.39, 0.29) is 35.6 Å². The fourth-order valence-corrected chi connectivity index (χ4v) is 0.915. The van der Waals surface area contributed by atoms with E-state index in [9.17, 15) is 0 Å². The number of nitrogens with zero attached hydrogens (tertiary/aromatic N) is 6. The number of aliphatic imine (C=N–C) groups is 3. The first-order valence-corrected chi connectivity index (χ1v) is 10.0. The molecule has 0 aliphatic heterocycles. The Labute approximate surface area is 203 Å². The molecule has 0 unspecified atom stereocenters. The van der Waals surface area contributed by atoms with E-state index in [1.807, 2.05) is 83.1 Å². The Balaban J connectivity index is -0.000000152. The quantitative estimate of drug-likeness (QED) is 0.242. The summed E-state index contributed by atoms with van der Waals surface area (Å²) in [7, 11) is 0. The molecule has 0 bridgehead atoms. The Bertz CT molecular complexity index is 318. The van der Waals surface area contributed by atoms with Crippen LogP contribution in [-0.2, 0) is 0 Å². The molecule has 0 N–H and O–H groups in total. The van der Waals surface area contributed by atoms with E-state index in [1.54, 1.807) is 19.0 Å². The molecule has 0 rings (SSSR count). The minimum atomic E-state index is 0. The van der Waals surface area contributed by atoms with Crippen LogP contribution in [0.4, 0.5) is 0 Å². The topological polar surface area (TPSA) is 79.4 Å². The molecule has 0 aromatic carbocycles. The van der Waals surface area contributed by atoms with E-state index < -0.39 is 0 Å². The number of hydrogen-bond acceptors (Lipinski definition) is 3. The van der Waals surface area contributed by atoms with Gasteiger partial charge in [-0.05, 0) is 36.3 Å². The van der Waals surface area contributed by atoms with Crippen LogP contribution in [0.5, 0.6) is 0 Å². The molecule has 28 heavy (non-hydrogen) atoms. The molecule has 162 valence electrons. The maximum absolute atomic E-state index is 4.07. The predicted octanol–water partition coefficient (Wildman–Crippen LogP) is 6.62. The van der Waals surface area contributed by atoms with Crippen LogP contribution >= 0.6 is 0 Å². The summed E-state index contributed by atoms with van der Waals surface area (Å²) >= 11 is 0. The number of hydrogen-bond donors (Lipinski definition) is 0. The Morgan fingerprint density at radius 1 is 0.429 bits per heavy atom. The molecule has 0 spiro atoms. The summed E-state index contributed by atoms with van der Waals surface area (Å²) in [6.45, 7) is 24.4. The van der Waals surface area contributed by atoms with Gasteiger partial charge in [0.15, 0.2) is 0 Å². The zero-order valence-corrected chi connectivity index (χ0v) is 24.1. The van der Waals surface area contributed by atoms with Gasteiger partial charge < -0.3 is 30.9 Å². The van der Waals surface area contributed by atoms with E-state index in [1.165, 1.54) is 0 Å². The maximum atomic E-state index is 4.07. The van der Waals surface area contributed by atoms with Gasteiger partial charge in [0.1, 0.15) is 0 Å². The van der Waals surface area contributed by atoms with Crippen molar-refractivity contribution in [2.45, 2.75) is 119 Å². The average Bonchev–Trinajstić information content (AvgIpc) is 2.46. The maximum Gasteiger partial charge on any atom is 3.00 e. The number of rotatable bonds is 9. The molecule has 0 aromatic rings. The van der Waals surface area contributed by atoms with Gasteiger partial charge >= 0.3 is 35.6 Å². The van der Waals surface area contributed by atoms with Gasteiger partial charge in [-0.3, -0.25) is 0 Å². The smallest absolute Gasteiger partial charge is 0.469 e. The molecular formula is C21H45LaN6. The Morgan fingerprint density at radius 3 is 0.714 bits per heavy atom. The first-order chi connectivity index (χ1) is 12.4. The summed E-state index contributed by atoms with van der Waals surface area (Å²) in [5.41, 5.74) is 0. The van der Waals surface area contributed by atoms with E-state index in [4.69, 9.17) is 0 Å². The monoisotopic (exact) mass is 520 g/mol. The summed E-state index contributed by atoms with van der Waals surface area (Å²) in [5.74, 6) is 0. The van der Waals surface area contributed by atoms with Crippen molar-refractivity contribution in [3.05, 3.63) is 16.0 Å². The standard InChI is InChI=1S/3C7H15N2.La/c3*1-6(2)8-5-9-7(3)4;/h3*5-7H,1-4H3;/q3*-1;+3. The van der Waals surface area contributed by atoms with Crippen LogP contribution in [0, 0.1) is 35.6 Å². The molecule has 0 saturated heterocycles. The molecule has 0 aliphatic carbocycles. The van der Waals surface area contributed by atoms with Crippen molar-refractivity contribution in [2.75, 3.05) is 0 Å². The molecule has 0 heterocycles. The molecular weight excluding hydrogens is 475 g/mol. The summed E-state index contributed by atoms with van der Waals surface area (Å²) in [5, 5.41) is 12.2. The summed E-state index contributed by atoms with van der Waals surface area (Å²) in [6, 6.07) is 2.21. The van der Waals surface area contributed by atoms with Gasteiger partial charge in [0, 0.05) is 0 Å². The van der Waals surface area contributed by atoms with Crippen molar-refractivity contribution in [3.8, 4) is 0 Å². The summed E-state index contributed by atoms with van der Waals surface area (Å²) in [4.78, 5) is 12.2. The predicted molar refractivity (Wildman–Crippen MR) is 126 cm³/mol. The van der Waals surface area contributed by atoms with Crippen molar-refractivity contribution < 1.29 is 35.6 Å². The second kappa shape index (κ2) is 24.6. The van der Waals surface area contributed by atoms with E-state index in [0.29, 0.717) is 36.3 Å². The molecule has 6 nitrogen and oxygen atoms in total. The SMILES string of the molecule is CC(C)N=C[N-]C(C)C.CC(C)N=C[N-]C(C)C.CC(C)N=C[N-]C(C)C.[La+3]. The van der Waals surface area contributed by atoms with Crippen LogP contribution in [0.3, 0.4) is 0 Å². The molecule has 0 saturated carbocycles. The van der Waals surface area contributed by atoms with E-state index >= 15 is 0 Å².